The van der Waals surface area contributed by atoms with Gasteiger partial charge in [-0.15, -0.1) is 0 Å². The summed E-state index contributed by atoms with van der Waals surface area (Å²) in [5.74, 6) is 0.0677. The highest BCUT2D eigenvalue weighted by Gasteiger charge is 1.93. The van der Waals surface area contributed by atoms with Crippen molar-refractivity contribution in [2.24, 2.45) is 10.1 Å². The molecule has 0 unspecified atom stereocenters. The van der Waals surface area contributed by atoms with Gasteiger partial charge in [0, 0.05) is 6.20 Å². The zero-order chi connectivity index (χ0) is 10.2. The zero-order valence-corrected chi connectivity index (χ0v) is 7.33. The third kappa shape index (κ3) is 3.20. The Balaban J connectivity index is 2.61. The van der Waals surface area contributed by atoms with Crippen LogP contribution in [0, 0.1) is 0 Å². The van der Waals surface area contributed by atoms with Gasteiger partial charge in [-0.25, -0.2) is 0 Å². The molecule has 0 aromatic carbocycles. The van der Waals surface area contributed by atoms with Crippen molar-refractivity contribution < 1.29 is 10.4 Å². The van der Waals surface area contributed by atoms with Crippen LogP contribution in [0.2, 0.25) is 0 Å². The van der Waals surface area contributed by atoms with Gasteiger partial charge in [-0.2, -0.15) is 0 Å². The number of aromatic nitrogens is 1. The molecule has 0 radical (unpaired) electrons. The van der Waals surface area contributed by atoms with Crippen molar-refractivity contribution in [2.75, 3.05) is 0 Å². The Hall–Kier alpha value is -1.95. The first-order chi connectivity index (χ1) is 6.86. The number of amidine groups is 1. The molecule has 0 aliphatic carbocycles. The maximum absolute atomic E-state index is 8.53. The summed E-state index contributed by atoms with van der Waals surface area (Å²) >= 11 is 0. The minimum Gasteiger partial charge on any atom is -0.411 e. The smallest absolute Gasteiger partial charge is 0.167 e. The number of oxime groups is 1. The average Bonchev–Trinajstić information content (AvgIpc) is 2.25. The fourth-order valence-electron chi connectivity index (χ4n) is 0.818. The van der Waals surface area contributed by atoms with Gasteiger partial charge in [0.2, 0.25) is 0 Å². The molecule has 0 saturated carbocycles. The Labute approximate surface area is 80.6 Å². The van der Waals surface area contributed by atoms with Gasteiger partial charge in [-0.3, -0.25) is 20.7 Å². The lowest BCUT2D eigenvalue weighted by Crippen LogP contribution is -2.20. The van der Waals surface area contributed by atoms with Crippen molar-refractivity contribution >= 4 is 12.1 Å². The average molecular weight is 194 g/mol. The van der Waals surface area contributed by atoms with E-state index >= 15 is 0 Å². The molecule has 1 aromatic rings. The summed E-state index contributed by atoms with van der Waals surface area (Å²) < 4.78 is 0. The first-order valence-corrected chi connectivity index (χ1v) is 3.88. The second kappa shape index (κ2) is 5.65. The van der Waals surface area contributed by atoms with E-state index in [2.05, 4.69) is 15.1 Å². The lowest BCUT2D eigenvalue weighted by Gasteiger charge is -1.97. The zero-order valence-electron chi connectivity index (χ0n) is 7.33. The van der Waals surface area contributed by atoms with Crippen molar-refractivity contribution in [3.63, 3.8) is 0 Å². The van der Waals surface area contributed by atoms with Gasteiger partial charge in [0.15, 0.2) is 5.84 Å². The molecule has 0 bridgehead atoms. The van der Waals surface area contributed by atoms with E-state index in [-0.39, 0.29) is 5.84 Å². The van der Waals surface area contributed by atoms with Gasteiger partial charge in [-0.05, 0) is 12.1 Å². The Morgan fingerprint density at radius 3 is 3.00 bits per heavy atom. The molecule has 6 heteroatoms. The third-order valence-corrected chi connectivity index (χ3v) is 1.43. The maximum Gasteiger partial charge on any atom is 0.167 e. The lowest BCUT2D eigenvalue weighted by molar-refractivity contribution is 0.236. The Morgan fingerprint density at radius 2 is 2.43 bits per heavy atom. The molecule has 0 amide bonds. The SMILES string of the molecule is O/N=C/C(=NCc1ccccn1)NO. The number of pyridine rings is 1. The maximum atomic E-state index is 8.53. The summed E-state index contributed by atoms with van der Waals surface area (Å²) in [5.41, 5.74) is 2.54. The minimum atomic E-state index is 0.0677. The molecule has 74 valence electrons. The monoisotopic (exact) mass is 194 g/mol. The Morgan fingerprint density at radius 1 is 1.57 bits per heavy atom. The van der Waals surface area contributed by atoms with Crippen molar-refractivity contribution in [3.05, 3.63) is 30.1 Å². The molecule has 0 aliphatic rings. The first-order valence-electron chi connectivity index (χ1n) is 3.88. The van der Waals surface area contributed by atoms with E-state index in [1.165, 1.54) is 0 Å². The molecule has 1 heterocycles. The molecule has 1 aromatic heterocycles. The highest BCUT2D eigenvalue weighted by atomic mass is 16.5. The van der Waals surface area contributed by atoms with Crippen LogP contribution in [0.1, 0.15) is 5.69 Å². The fraction of sp³-hybridized carbons (Fsp3) is 0.125. The standard InChI is InChI=1S/C8H10N4O2/c13-11-6-8(12-14)10-5-7-3-1-2-4-9-7/h1-4,6,13-14H,5H2,(H,10,12)/b11-6+. The topological polar surface area (TPSA) is 90.1 Å². The van der Waals surface area contributed by atoms with E-state index in [9.17, 15) is 0 Å². The van der Waals surface area contributed by atoms with Crippen LogP contribution in [0.3, 0.4) is 0 Å². The first kappa shape index (κ1) is 10.1. The minimum absolute atomic E-state index is 0.0677. The normalized spacial score (nSPS) is 11.9. The van der Waals surface area contributed by atoms with Crippen LogP contribution in [0.4, 0.5) is 0 Å². The molecule has 1 rings (SSSR count). The second-order valence-electron chi connectivity index (χ2n) is 2.38. The van der Waals surface area contributed by atoms with Crippen molar-refractivity contribution in [2.45, 2.75) is 6.54 Å². The van der Waals surface area contributed by atoms with Gasteiger partial charge >= 0.3 is 0 Å². The number of rotatable bonds is 3. The number of hydroxylamine groups is 1. The molecular formula is C8H10N4O2. The molecule has 6 nitrogen and oxygen atoms in total. The predicted molar refractivity (Wildman–Crippen MR) is 50.6 cm³/mol. The molecule has 0 aliphatic heterocycles. The van der Waals surface area contributed by atoms with Crippen molar-refractivity contribution in [1.82, 2.24) is 10.5 Å². The third-order valence-electron chi connectivity index (χ3n) is 1.43. The van der Waals surface area contributed by atoms with Gasteiger partial charge in [0.1, 0.15) is 6.21 Å². The van der Waals surface area contributed by atoms with Gasteiger partial charge in [0.05, 0.1) is 12.2 Å². The van der Waals surface area contributed by atoms with Crippen LogP contribution in [-0.2, 0) is 6.54 Å². The van der Waals surface area contributed by atoms with Gasteiger partial charge in [-0.1, -0.05) is 11.2 Å². The van der Waals surface area contributed by atoms with Crippen LogP contribution >= 0.6 is 0 Å². The van der Waals surface area contributed by atoms with E-state index in [1.807, 2.05) is 6.07 Å². The quantitative estimate of drug-likeness (QED) is 0.281. The number of hydrogen-bond acceptors (Lipinski definition) is 5. The molecule has 0 fully saturated rings. The highest BCUT2D eigenvalue weighted by molar-refractivity contribution is 6.28. The van der Waals surface area contributed by atoms with Gasteiger partial charge in [0.25, 0.3) is 0 Å². The molecule has 0 spiro atoms. The molecule has 14 heavy (non-hydrogen) atoms. The summed E-state index contributed by atoms with van der Waals surface area (Å²) in [7, 11) is 0. The van der Waals surface area contributed by atoms with Crippen LogP contribution < -0.4 is 5.48 Å². The summed E-state index contributed by atoms with van der Waals surface area (Å²) in [6.07, 6.45) is 2.64. The number of nitrogens with one attached hydrogen (secondary N) is 1. The summed E-state index contributed by atoms with van der Waals surface area (Å²) in [5, 5.41) is 19.4. The van der Waals surface area contributed by atoms with Crippen LogP contribution in [0.15, 0.2) is 34.5 Å². The summed E-state index contributed by atoms with van der Waals surface area (Å²) in [6.45, 7) is 0.301. The van der Waals surface area contributed by atoms with E-state index < -0.39 is 0 Å². The largest absolute Gasteiger partial charge is 0.411 e. The molecule has 0 atom stereocenters. The fourth-order valence-corrected chi connectivity index (χ4v) is 0.818. The Kier molecular flexibility index (Phi) is 4.09. The molecular weight excluding hydrogens is 184 g/mol. The van der Waals surface area contributed by atoms with E-state index in [4.69, 9.17) is 10.4 Å². The summed E-state index contributed by atoms with van der Waals surface area (Å²) in [4.78, 5) is 7.91. The second-order valence-corrected chi connectivity index (χ2v) is 2.38. The number of nitrogens with zero attached hydrogens (tertiary/aromatic N) is 3. The highest BCUT2D eigenvalue weighted by Crippen LogP contribution is 1.94. The van der Waals surface area contributed by atoms with E-state index in [0.29, 0.717) is 6.54 Å². The lowest BCUT2D eigenvalue weighted by atomic mass is 10.3. The Bertz CT molecular complexity index is 323. The predicted octanol–water partition coefficient (Wildman–Crippen LogP) is 0.419. The molecule has 3 N–H and O–H groups in total. The summed E-state index contributed by atoms with van der Waals surface area (Å²) in [6, 6.07) is 5.44. The molecule has 0 saturated heterocycles. The van der Waals surface area contributed by atoms with E-state index in [0.717, 1.165) is 11.9 Å². The van der Waals surface area contributed by atoms with Gasteiger partial charge < -0.3 is 5.21 Å². The number of aliphatic imine (C=N–C) groups is 1. The van der Waals surface area contributed by atoms with Crippen molar-refractivity contribution in [1.29, 1.82) is 0 Å². The van der Waals surface area contributed by atoms with Crippen LogP contribution in [0.5, 0.6) is 0 Å². The number of hydrogen-bond donors (Lipinski definition) is 3. The van der Waals surface area contributed by atoms with Crippen LogP contribution in [-0.4, -0.2) is 27.4 Å². The van der Waals surface area contributed by atoms with Crippen molar-refractivity contribution in [3.8, 4) is 0 Å². The van der Waals surface area contributed by atoms with E-state index in [1.54, 1.807) is 23.8 Å². The van der Waals surface area contributed by atoms with Crippen LogP contribution in [0.25, 0.3) is 0 Å².